The molecule has 7 heteroatoms. The highest BCUT2D eigenvalue weighted by atomic mass is 127. The minimum Gasteiger partial charge on any atom is -0.355 e. The van der Waals surface area contributed by atoms with Gasteiger partial charge >= 0.3 is 0 Å². The van der Waals surface area contributed by atoms with E-state index in [1.165, 1.54) is 5.56 Å². The van der Waals surface area contributed by atoms with Gasteiger partial charge in [-0.3, -0.25) is 14.7 Å². The van der Waals surface area contributed by atoms with Crippen molar-refractivity contribution < 1.29 is 4.79 Å². The zero-order valence-electron chi connectivity index (χ0n) is 15.2. The number of piperazine rings is 1. The summed E-state index contributed by atoms with van der Waals surface area (Å²) in [7, 11) is 1.77. The molecular formula is C18H30IN5O. The number of guanidine groups is 1. The van der Waals surface area contributed by atoms with Crippen LogP contribution in [0, 0.1) is 0 Å². The molecule has 0 bridgehead atoms. The standard InChI is InChI=1S/C18H29N5O.HI/c1-3-9-20-17(24)14-21-18(19-2)23-12-10-22(11-13-23)15-16-7-5-4-6-8-16;/h4-8H,3,9-15H2,1-2H3,(H,19,21)(H,20,24);1H. The van der Waals surface area contributed by atoms with E-state index in [-0.39, 0.29) is 36.4 Å². The molecule has 0 aromatic heterocycles. The quantitative estimate of drug-likeness (QED) is 0.385. The number of aliphatic imine (C=N–C) groups is 1. The molecule has 2 rings (SSSR count). The third kappa shape index (κ3) is 7.60. The lowest BCUT2D eigenvalue weighted by molar-refractivity contribution is -0.120. The van der Waals surface area contributed by atoms with Crippen LogP contribution in [0.1, 0.15) is 18.9 Å². The molecule has 140 valence electrons. The molecule has 0 atom stereocenters. The van der Waals surface area contributed by atoms with Crippen molar-refractivity contribution in [3.05, 3.63) is 35.9 Å². The van der Waals surface area contributed by atoms with Gasteiger partial charge in [0.25, 0.3) is 0 Å². The van der Waals surface area contributed by atoms with Gasteiger partial charge in [0.2, 0.25) is 5.91 Å². The van der Waals surface area contributed by atoms with Crippen LogP contribution in [-0.2, 0) is 11.3 Å². The fourth-order valence-electron chi connectivity index (χ4n) is 2.78. The summed E-state index contributed by atoms with van der Waals surface area (Å²) < 4.78 is 0. The second-order valence-electron chi connectivity index (χ2n) is 6.00. The maximum Gasteiger partial charge on any atom is 0.239 e. The first-order valence-electron chi connectivity index (χ1n) is 8.71. The Balaban J connectivity index is 0.00000312. The zero-order valence-corrected chi connectivity index (χ0v) is 17.5. The number of amides is 1. The maximum absolute atomic E-state index is 11.7. The molecular weight excluding hydrogens is 429 g/mol. The van der Waals surface area contributed by atoms with E-state index in [4.69, 9.17) is 0 Å². The van der Waals surface area contributed by atoms with E-state index in [1.54, 1.807) is 7.05 Å². The van der Waals surface area contributed by atoms with Crippen LogP contribution >= 0.6 is 24.0 Å². The number of nitrogens with one attached hydrogen (secondary N) is 2. The van der Waals surface area contributed by atoms with Crippen LogP contribution < -0.4 is 10.6 Å². The summed E-state index contributed by atoms with van der Waals surface area (Å²) in [5.41, 5.74) is 1.35. The van der Waals surface area contributed by atoms with E-state index in [0.29, 0.717) is 0 Å². The summed E-state index contributed by atoms with van der Waals surface area (Å²) in [6.45, 7) is 7.86. The van der Waals surface area contributed by atoms with Crippen LogP contribution in [0.15, 0.2) is 35.3 Å². The van der Waals surface area contributed by atoms with Gasteiger partial charge in [-0.25, -0.2) is 0 Å². The lowest BCUT2D eigenvalue weighted by atomic mass is 10.2. The molecule has 1 amide bonds. The van der Waals surface area contributed by atoms with Gasteiger partial charge in [-0.05, 0) is 12.0 Å². The Kier molecular flexibility index (Phi) is 10.5. The van der Waals surface area contributed by atoms with Crippen molar-refractivity contribution in [2.24, 2.45) is 4.99 Å². The Labute approximate surface area is 168 Å². The lowest BCUT2D eigenvalue weighted by Gasteiger charge is -2.36. The Morgan fingerprint density at radius 2 is 1.80 bits per heavy atom. The van der Waals surface area contributed by atoms with Crippen LogP contribution in [-0.4, -0.2) is 68.0 Å². The number of halogens is 1. The third-order valence-corrected chi connectivity index (χ3v) is 4.11. The molecule has 2 N–H and O–H groups in total. The second kappa shape index (κ2) is 12.1. The lowest BCUT2D eigenvalue weighted by Crippen LogP contribution is -2.53. The largest absolute Gasteiger partial charge is 0.355 e. The topological polar surface area (TPSA) is 60.0 Å². The van der Waals surface area contributed by atoms with Crippen molar-refractivity contribution >= 4 is 35.8 Å². The normalized spacial score (nSPS) is 15.4. The molecule has 1 aromatic rings. The number of carbonyl (C=O) groups excluding carboxylic acids is 1. The van der Waals surface area contributed by atoms with Crippen LogP contribution in [0.5, 0.6) is 0 Å². The second-order valence-corrected chi connectivity index (χ2v) is 6.00. The fraction of sp³-hybridized carbons (Fsp3) is 0.556. The van der Waals surface area contributed by atoms with E-state index in [2.05, 4.69) is 49.7 Å². The van der Waals surface area contributed by atoms with Crippen LogP contribution in [0.4, 0.5) is 0 Å². The summed E-state index contributed by atoms with van der Waals surface area (Å²) in [6, 6.07) is 10.6. The van der Waals surface area contributed by atoms with Gasteiger partial charge in [-0.2, -0.15) is 0 Å². The fourth-order valence-corrected chi connectivity index (χ4v) is 2.78. The number of nitrogens with zero attached hydrogens (tertiary/aromatic N) is 3. The molecule has 0 radical (unpaired) electrons. The molecule has 1 saturated heterocycles. The molecule has 1 aromatic carbocycles. The SMILES string of the molecule is CCCNC(=O)CNC(=NC)N1CCN(Cc2ccccc2)CC1.I. The highest BCUT2D eigenvalue weighted by molar-refractivity contribution is 14.0. The highest BCUT2D eigenvalue weighted by Crippen LogP contribution is 2.08. The molecule has 0 unspecified atom stereocenters. The monoisotopic (exact) mass is 459 g/mol. The van der Waals surface area contributed by atoms with Crippen molar-refractivity contribution in [1.29, 1.82) is 0 Å². The van der Waals surface area contributed by atoms with Gasteiger partial charge in [0, 0.05) is 46.3 Å². The van der Waals surface area contributed by atoms with Gasteiger partial charge in [0.1, 0.15) is 0 Å². The van der Waals surface area contributed by atoms with Crippen LogP contribution in [0.3, 0.4) is 0 Å². The van der Waals surface area contributed by atoms with Crippen molar-refractivity contribution in [2.75, 3.05) is 46.3 Å². The molecule has 25 heavy (non-hydrogen) atoms. The minimum absolute atomic E-state index is 0. The van der Waals surface area contributed by atoms with Crippen LogP contribution in [0.25, 0.3) is 0 Å². The van der Waals surface area contributed by atoms with E-state index in [1.807, 2.05) is 13.0 Å². The average Bonchev–Trinajstić information content (AvgIpc) is 2.62. The number of rotatable bonds is 6. The molecule has 0 saturated carbocycles. The van der Waals surface area contributed by atoms with Crippen molar-refractivity contribution in [1.82, 2.24) is 20.4 Å². The maximum atomic E-state index is 11.7. The van der Waals surface area contributed by atoms with Gasteiger partial charge in [-0.15, -0.1) is 24.0 Å². The van der Waals surface area contributed by atoms with Gasteiger partial charge in [0.05, 0.1) is 6.54 Å². The summed E-state index contributed by atoms with van der Waals surface area (Å²) in [5, 5.41) is 6.02. The molecule has 1 aliphatic heterocycles. The summed E-state index contributed by atoms with van der Waals surface area (Å²) in [5.74, 6) is 0.821. The first-order valence-corrected chi connectivity index (χ1v) is 8.71. The first kappa shape index (κ1) is 21.7. The van der Waals surface area contributed by atoms with E-state index in [9.17, 15) is 4.79 Å². The highest BCUT2D eigenvalue weighted by Gasteiger charge is 2.19. The summed E-state index contributed by atoms with van der Waals surface area (Å²) >= 11 is 0. The molecule has 6 nitrogen and oxygen atoms in total. The zero-order chi connectivity index (χ0) is 17.2. The third-order valence-electron chi connectivity index (χ3n) is 4.11. The smallest absolute Gasteiger partial charge is 0.239 e. The molecule has 1 aliphatic rings. The van der Waals surface area contributed by atoms with E-state index < -0.39 is 0 Å². The molecule has 1 heterocycles. The molecule has 1 fully saturated rings. The van der Waals surface area contributed by atoms with E-state index in [0.717, 1.165) is 51.6 Å². The first-order chi connectivity index (χ1) is 11.7. The summed E-state index contributed by atoms with van der Waals surface area (Å²) in [4.78, 5) is 20.7. The molecule has 0 spiro atoms. The Morgan fingerprint density at radius 3 is 2.40 bits per heavy atom. The Bertz CT molecular complexity index is 530. The van der Waals surface area contributed by atoms with Crippen molar-refractivity contribution in [3.8, 4) is 0 Å². The Hall–Kier alpha value is -1.35. The number of hydrogen-bond donors (Lipinski definition) is 2. The molecule has 0 aliphatic carbocycles. The number of benzene rings is 1. The predicted octanol–water partition coefficient (Wildman–Crippen LogP) is 1.52. The number of hydrogen-bond acceptors (Lipinski definition) is 3. The number of carbonyl (C=O) groups is 1. The predicted molar refractivity (Wildman–Crippen MR) is 113 cm³/mol. The minimum atomic E-state index is 0. The van der Waals surface area contributed by atoms with Gasteiger partial charge in [0.15, 0.2) is 5.96 Å². The van der Waals surface area contributed by atoms with Crippen LogP contribution in [0.2, 0.25) is 0 Å². The van der Waals surface area contributed by atoms with Crippen molar-refractivity contribution in [3.63, 3.8) is 0 Å². The Morgan fingerprint density at radius 1 is 1.12 bits per heavy atom. The summed E-state index contributed by atoms with van der Waals surface area (Å²) in [6.07, 6.45) is 0.948. The van der Waals surface area contributed by atoms with Gasteiger partial charge in [-0.1, -0.05) is 37.3 Å². The van der Waals surface area contributed by atoms with E-state index >= 15 is 0 Å². The van der Waals surface area contributed by atoms with Crippen molar-refractivity contribution in [2.45, 2.75) is 19.9 Å². The average molecular weight is 459 g/mol. The van der Waals surface area contributed by atoms with Gasteiger partial charge < -0.3 is 15.5 Å².